The van der Waals surface area contributed by atoms with E-state index in [1.165, 1.54) is 19.1 Å². The molecule has 0 spiro atoms. The molecule has 1 amide bonds. The van der Waals surface area contributed by atoms with Crippen LogP contribution in [0.4, 0.5) is 14.5 Å². The molecule has 1 aromatic carbocycles. The summed E-state index contributed by atoms with van der Waals surface area (Å²) in [6.45, 7) is 1.28. The SMILES string of the molecule is C[C@@H](OC(=O)/C=C/c1c(Cl)nc2ccccn12)C(=O)Nc1c(F)cccc1F. The minimum atomic E-state index is -1.28. The summed E-state index contributed by atoms with van der Waals surface area (Å²) in [5.74, 6) is -3.58. The van der Waals surface area contributed by atoms with E-state index >= 15 is 0 Å². The molecule has 0 aliphatic carbocycles. The maximum atomic E-state index is 13.6. The van der Waals surface area contributed by atoms with Crippen LogP contribution in [0, 0.1) is 11.6 Å². The molecular formula is C19H14ClF2N3O3. The van der Waals surface area contributed by atoms with Gasteiger partial charge in [-0.1, -0.05) is 23.7 Å². The van der Waals surface area contributed by atoms with Crippen molar-refractivity contribution in [1.29, 1.82) is 0 Å². The number of carbonyl (C=O) groups is 2. The lowest BCUT2D eigenvalue weighted by atomic mass is 10.2. The van der Waals surface area contributed by atoms with Crippen LogP contribution in [-0.4, -0.2) is 27.4 Å². The number of nitrogens with one attached hydrogen (secondary N) is 1. The number of carbonyl (C=O) groups excluding carboxylic acids is 2. The molecular weight excluding hydrogens is 392 g/mol. The quantitative estimate of drug-likeness (QED) is 0.517. The van der Waals surface area contributed by atoms with Gasteiger partial charge in [0.15, 0.2) is 11.3 Å². The number of ether oxygens (including phenoxy) is 1. The fourth-order valence-corrected chi connectivity index (χ4v) is 2.63. The van der Waals surface area contributed by atoms with Gasteiger partial charge in [-0.2, -0.15) is 0 Å². The Kier molecular flexibility index (Phi) is 5.70. The van der Waals surface area contributed by atoms with Crippen LogP contribution in [0.15, 0.2) is 48.7 Å². The number of halogens is 3. The zero-order valence-electron chi connectivity index (χ0n) is 14.5. The van der Waals surface area contributed by atoms with Crippen LogP contribution in [0.1, 0.15) is 12.6 Å². The molecule has 0 aliphatic heterocycles. The summed E-state index contributed by atoms with van der Waals surface area (Å²) in [4.78, 5) is 28.1. The van der Waals surface area contributed by atoms with E-state index in [0.717, 1.165) is 18.2 Å². The van der Waals surface area contributed by atoms with Crippen molar-refractivity contribution in [3.63, 3.8) is 0 Å². The van der Waals surface area contributed by atoms with Gasteiger partial charge in [0.2, 0.25) is 0 Å². The van der Waals surface area contributed by atoms with Crippen LogP contribution in [0.2, 0.25) is 5.15 Å². The first-order chi connectivity index (χ1) is 13.4. The van der Waals surface area contributed by atoms with Gasteiger partial charge in [0, 0.05) is 12.3 Å². The lowest BCUT2D eigenvalue weighted by Gasteiger charge is -2.13. The Morgan fingerprint density at radius 1 is 1.21 bits per heavy atom. The Morgan fingerprint density at radius 3 is 2.64 bits per heavy atom. The molecule has 1 N–H and O–H groups in total. The predicted octanol–water partition coefficient (Wildman–Crippen LogP) is 3.85. The fourth-order valence-electron chi connectivity index (χ4n) is 2.39. The number of anilines is 1. The largest absolute Gasteiger partial charge is 0.449 e. The third-order valence-electron chi connectivity index (χ3n) is 3.77. The number of benzene rings is 1. The summed E-state index contributed by atoms with van der Waals surface area (Å²) in [6, 6.07) is 8.47. The van der Waals surface area contributed by atoms with Gasteiger partial charge < -0.3 is 10.1 Å². The van der Waals surface area contributed by atoms with Gasteiger partial charge in [0.1, 0.15) is 23.0 Å². The molecule has 0 unspecified atom stereocenters. The molecule has 0 radical (unpaired) electrons. The van der Waals surface area contributed by atoms with Crippen LogP contribution in [-0.2, 0) is 14.3 Å². The smallest absolute Gasteiger partial charge is 0.331 e. The number of pyridine rings is 1. The maximum Gasteiger partial charge on any atom is 0.331 e. The number of fused-ring (bicyclic) bond motifs is 1. The van der Waals surface area contributed by atoms with E-state index in [-0.39, 0.29) is 5.15 Å². The molecule has 0 fully saturated rings. The van der Waals surface area contributed by atoms with Crippen molar-refractivity contribution in [1.82, 2.24) is 9.38 Å². The van der Waals surface area contributed by atoms with E-state index in [1.807, 2.05) is 0 Å². The summed E-state index contributed by atoms with van der Waals surface area (Å²) in [6.07, 6.45) is 2.91. The molecule has 3 aromatic rings. The van der Waals surface area contributed by atoms with Gasteiger partial charge in [-0.15, -0.1) is 0 Å². The first-order valence-electron chi connectivity index (χ1n) is 8.13. The third-order valence-corrected chi connectivity index (χ3v) is 4.05. The maximum absolute atomic E-state index is 13.6. The number of nitrogens with zero attached hydrogens (tertiary/aromatic N) is 2. The standard InChI is InChI=1S/C19H14ClF2N3O3/c1-11(19(27)24-17-12(21)5-4-6-13(17)22)28-16(26)9-8-14-18(20)23-15-7-2-3-10-25(14)15/h2-11H,1H3,(H,24,27)/b9-8+/t11-/m1/s1. The van der Waals surface area contributed by atoms with E-state index in [0.29, 0.717) is 11.3 Å². The Balaban J connectivity index is 1.66. The Morgan fingerprint density at radius 2 is 1.93 bits per heavy atom. The summed E-state index contributed by atoms with van der Waals surface area (Å²) >= 11 is 6.06. The number of aromatic nitrogens is 2. The average molecular weight is 406 g/mol. The first kappa shape index (κ1) is 19.5. The first-order valence-corrected chi connectivity index (χ1v) is 8.51. The van der Waals surface area contributed by atoms with Crippen molar-refractivity contribution in [3.8, 4) is 0 Å². The second-order valence-corrected chi connectivity index (χ2v) is 6.07. The highest BCUT2D eigenvalue weighted by atomic mass is 35.5. The lowest BCUT2D eigenvalue weighted by Crippen LogP contribution is -2.30. The summed E-state index contributed by atoms with van der Waals surface area (Å²) < 4.78 is 33.8. The van der Waals surface area contributed by atoms with Gasteiger partial charge in [-0.05, 0) is 37.3 Å². The van der Waals surface area contributed by atoms with Crippen molar-refractivity contribution < 1.29 is 23.1 Å². The number of esters is 1. The zero-order valence-corrected chi connectivity index (χ0v) is 15.3. The number of hydrogen-bond donors (Lipinski definition) is 1. The monoisotopic (exact) mass is 405 g/mol. The number of amides is 1. The van der Waals surface area contributed by atoms with Gasteiger partial charge in [-0.25, -0.2) is 18.6 Å². The second-order valence-electron chi connectivity index (χ2n) is 5.72. The molecule has 0 aliphatic rings. The van der Waals surface area contributed by atoms with E-state index in [2.05, 4.69) is 10.3 Å². The topological polar surface area (TPSA) is 72.7 Å². The van der Waals surface area contributed by atoms with Crippen LogP contribution >= 0.6 is 11.6 Å². The summed E-state index contributed by atoms with van der Waals surface area (Å²) in [5.41, 5.74) is 0.448. The highest BCUT2D eigenvalue weighted by molar-refractivity contribution is 6.31. The normalized spacial score (nSPS) is 12.3. The van der Waals surface area contributed by atoms with Gasteiger partial charge in [-0.3, -0.25) is 9.20 Å². The molecule has 6 nitrogen and oxygen atoms in total. The summed E-state index contributed by atoms with van der Waals surface area (Å²) in [7, 11) is 0. The molecule has 2 heterocycles. The van der Waals surface area contributed by atoms with Crippen LogP contribution in [0.3, 0.4) is 0 Å². The highest BCUT2D eigenvalue weighted by Gasteiger charge is 2.20. The molecule has 0 saturated heterocycles. The summed E-state index contributed by atoms with van der Waals surface area (Å²) in [5, 5.41) is 2.25. The Hall–Kier alpha value is -3.26. The number of para-hydroxylation sites is 1. The molecule has 1 atom stereocenters. The zero-order chi connectivity index (χ0) is 20.3. The van der Waals surface area contributed by atoms with Crippen LogP contribution < -0.4 is 5.32 Å². The highest BCUT2D eigenvalue weighted by Crippen LogP contribution is 2.20. The van der Waals surface area contributed by atoms with Crippen molar-refractivity contribution in [2.24, 2.45) is 0 Å². The third kappa shape index (κ3) is 4.17. The number of hydrogen-bond acceptors (Lipinski definition) is 4. The molecule has 9 heteroatoms. The molecule has 0 saturated carbocycles. The van der Waals surface area contributed by atoms with E-state index in [9.17, 15) is 18.4 Å². The lowest BCUT2D eigenvalue weighted by molar-refractivity contribution is -0.148. The van der Waals surface area contributed by atoms with E-state index < -0.39 is 35.3 Å². The molecule has 28 heavy (non-hydrogen) atoms. The minimum Gasteiger partial charge on any atom is -0.449 e. The number of imidazole rings is 1. The van der Waals surface area contributed by atoms with E-state index in [4.69, 9.17) is 16.3 Å². The average Bonchev–Trinajstić information content (AvgIpc) is 2.98. The Labute approximate surface area is 163 Å². The molecule has 0 bridgehead atoms. The van der Waals surface area contributed by atoms with Gasteiger partial charge in [0.25, 0.3) is 5.91 Å². The van der Waals surface area contributed by atoms with Crippen molar-refractivity contribution in [3.05, 3.63) is 71.2 Å². The minimum absolute atomic E-state index is 0.191. The van der Waals surface area contributed by atoms with Crippen LogP contribution in [0.5, 0.6) is 0 Å². The van der Waals surface area contributed by atoms with Crippen molar-refractivity contribution >= 4 is 40.9 Å². The van der Waals surface area contributed by atoms with Crippen molar-refractivity contribution in [2.75, 3.05) is 5.32 Å². The molecule has 3 rings (SSSR count). The fraction of sp³-hybridized carbons (Fsp3) is 0.105. The Bertz CT molecular complexity index is 1060. The second kappa shape index (κ2) is 8.18. The van der Waals surface area contributed by atoms with Gasteiger partial charge >= 0.3 is 5.97 Å². The number of rotatable bonds is 5. The predicted molar refractivity (Wildman–Crippen MR) is 99.8 cm³/mol. The van der Waals surface area contributed by atoms with E-state index in [1.54, 1.807) is 28.8 Å². The molecule has 144 valence electrons. The van der Waals surface area contributed by atoms with Gasteiger partial charge in [0.05, 0.1) is 5.69 Å². The van der Waals surface area contributed by atoms with Crippen LogP contribution in [0.25, 0.3) is 11.7 Å². The van der Waals surface area contributed by atoms with Crippen molar-refractivity contribution in [2.45, 2.75) is 13.0 Å². The molecule has 2 aromatic heterocycles.